The van der Waals surface area contributed by atoms with Gasteiger partial charge in [-0.05, 0) is 61.4 Å². The number of rotatable bonds is 4. The first kappa shape index (κ1) is 15.7. The lowest BCUT2D eigenvalue weighted by atomic mass is 10.1. The average molecular weight is 301 g/mol. The molecule has 1 N–H and O–H groups in total. The van der Waals surface area contributed by atoms with Gasteiger partial charge in [-0.25, -0.2) is 9.18 Å². The maximum atomic E-state index is 12.7. The zero-order valence-electron chi connectivity index (χ0n) is 12.4. The van der Waals surface area contributed by atoms with Crippen molar-refractivity contribution >= 4 is 17.6 Å². The molecular weight excluding hydrogens is 285 g/mol. The Morgan fingerprint density at radius 3 is 2.36 bits per heavy atom. The minimum atomic E-state index is -0.558. The fraction of sp³-hybridized carbons (Fsp3) is 0.176. The van der Waals surface area contributed by atoms with Crippen molar-refractivity contribution in [3.63, 3.8) is 0 Å². The Morgan fingerprint density at radius 1 is 1.05 bits per heavy atom. The van der Waals surface area contributed by atoms with E-state index in [2.05, 4.69) is 5.32 Å². The predicted molar refractivity (Wildman–Crippen MR) is 81.2 cm³/mol. The molecule has 0 fully saturated rings. The van der Waals surface area contributed by atoms with Crippen molar-refractivity contribution in [2.45, 2.75) is 13.8 Å². The Hall–Kier alpha value is -2.69. The van der Waals surface area contributed by atoms with E-state index < -0.39 is 18.5 Å². The first-order valence-corrected chi connectivity index (χ1v) is 6.75. The van der Waals surface area contributed by atoms with Gasteiger partial charge >= 0.3 is 5.97 Å². The number of aryl methyl sites for hydroxylation is 2. The van der Waals surface area contributed by atoms with E-state index in [1.165, 1.54) is 24.3 Å². The molecule has 0 aliphatic carbocycles. The molecule has 22 heavy (non-hydrogen) atoms. The second-order valence-corrected chi connectivity index (χ2v) is 4.93. The molecule has 0 saturated carbocycles. The van der Waals surface area contributed by atoms with Crippen molar-refractivity contribution in [1.82, 2.24) is 0 Å². The maximum Gasteiger partial charge on any atom is 0.338 e. The number of ether oxygens (including phenoxy) is 1. The maximum absolute atomic E-state index is 12.7. The Labute approximate surface area is 127 Å². The first-order valence-electron chi connectivity index (χ1n) is 6.75. The zero-order valence-corrected chi connectivity index (χ0v) is 12.4. The number of benzene rings is 2. The van der Waals surface area contributed by atoms with Gasteiger partial charge in [0, 0.05) is 5.69 Å². The van der Waals surface area contributed by atoms with Crippen LogP contribution in [0.15, 0.2) is 42.5 Å². The number of hydrogen-bond acceptors (Lipinski definition) is 3. The molecule has 2 aromatic carbocycles. The molecule has 0 unspecified atom stereocenters. The number of amides is 1. The highest BCUT2D eigenvalue weighted by molar-refractivity contribution is 5.95. The number of halogens is 1. The highest BCUT2D eigenvalue weighted by atomic mass is 19.1. The monoisotopic (exact) mass is 301 g/mol. The smallest absolute Gasteiger partial charge is 0.338 e. The number of nitrogens with one attached hydrogen (secondary N) is 1. The molecule has 0 heterocycles. The Kier molecular flexibility index (Phi) is 4.88. The van der Waals surface area contributed by atoms with Gasteiger partial charge in [0.05, 0.1) is 5.56 Å². The summed E-state index contributed by atoms with van der Waals surface area (Å²) in [5, 5.41) is 2.51. The van der Waals surface area contributed by atoms with Crippen LogP contribution in [0.5, 0.6) is 0 Å². The van der Waals surface area contributed by atoms with Crippen LogP contribution in [0, 0.1) is 19.7 Å². The van der Waals surface area contributed by atoms with Gasteiger partial charge in [-0.3, -0.25) is 4.79 Å². The molecule has 2 rings (SSSR count). The van der Waals surface area contributed by atoms with Gasteiger partial charge in [0.25, 0.3) is 5.91 Å². The van der Waals surface area contributed by atoms with E-state index in [1.54, 1.807) is 12.1 Å². The molecule has 0 spiro atoms. The molecule has 0 atom stereocenters. The third-order valence-electron chi connectivity index (χ3n) is 3.20. The predicted octanol–water partition coefficient (Wildman–Crippen LogP) is 3.24. The summed E-state index contributed by atoms with van der Waals surface area (Å²) in [4.78, 5) is 23.5. The first-order chi connectivity index (χ1) is 10.5. The second-order valence-electron chi connectivity index (χ2n) is 4.93. The van der Waals surface area contributed by atoms with E-state index in [-0.39, 0.29) is 5.82 Å². The summed E-state index contributed by atoms with van der Waals surface area (Å²) >= 11 is 0. The van der Waals surface area contributed by atoms with Crippen LogP contribution in [0.25, 0.3) is 0 Å². The summed E-state index contributed by atoms with van der Waals surface area (Å²) in [7, 11) is 0. The summed E-state index contributed by atoms with van der Waals surface area (Å²) in [6.07, 6.45) is 0. The highest BCUT2D eigenvalue weighted by Gasteiger charge is 2.11. The molecule has 2 aromatic rings. The highest BCUT2D eigenvalue weighted by Crippen LogP contribution is 2.11. The SMILES string of the molecule is Cc1ccc(C(=O)OCC(=O)Nc2ccc(F)cc2)cc1C. The van der Waals surface area contributed by atoms with Crippen LogP contribution in [-0.4, -0.2) is 18.5 Å². The van der Waals surface area contributed by atoms with Crippen LogP contribution < -0.4 is 5.32 Å². The largest absolute Gasteiger partial charge is 0.452 e. The van der Waals surface area contributed by atoms with Gasteiger partial charge in [-0.1, -0.05) is 6.07 Å². The summed E-state index contributed by atoms with van der Waals surface area (Å²) < 4.78 is 17.7. The van der Waals surface area contributed by atoms with Crippen molar-refractivity contribution in [2.75, 3.05) is 11.9 Å². The Morgan fingerprint density at radius 2 is 1.73 bits per heavy atom. The lowest BCUT2D eigenvalue weighted by Gasteiger charge is -2.08. The van der Waals surface area contributed by atoms with Gasteiger partial charge < -0.3 is 10.1 Å². The van der Waals surface area contributed by atoms with E-state index in [9.17, 15) is 14.0 Å². The number of hydrogen-bond donors (Lipinski definition) is 1. The molecule has 0 aliphatic heterocycles. The lowest BCUT2D eigenvalue weighted by molar-refractivity contribution is -0.119. The normalized spacial score (nSPS) is 10.1. The summed E-state index contributed by atoms with van der Waals surface area (Å²) in [6.45, 7) is 3.44. The zero-order chi connectivity index (χ0) is 16.1. The molecule has 0 saturated heterocycles. The van der Waals surface area contributed by atoms with Crippen LogP contribution in [-0.2, 0) is 9.53 Å². The van der Waals surface area contributed by atoms with Crippen molar-refractivity contribution in [3.8, 4) is 0 Å². The van der Waals surface area contributed by atoms with Gasteiger partial charge in [-0.2, -0.15) is 0 Å². The van der Waals surface area contributed by atoms with Crippen LogP contribution in [0.4, 0.5) is 10.1 Å². The minimum absolute atomic E-state index is 0.390. The topological polar surface area (TPSA) is 55.4 Å². The molecule has 114 valence electrons. The minimum Gasteiger partial charge on any atom is -0.452 e. The van der Waals surface area contributed by atoms with E-state index in [0.29, 0.717) is 11.3 Å². The van der Waals surface area contributed by atoms with Crippen LogP contribution in [0.2, 0.25) is 0 Å². The molecular formula is C17H16FNO3. The molecule has 0 aromatic heterocycles. The van der Waals surface area contributed by atoms with Crippen LogP contribution in [0.3, 0.4) is 0 Å². The quantitative estimate of drug-likeness (QED) is 0.882. The van der Waals surface area contributed by atoms with E-state index in [0.717, 1.165) is 11.1 Å². The van der Waals surface area contributed by atoms with Gasteiger partial charge in [0.15, 0.2) is 6.61 Å². The third kappa shape index (κ3) is 4.15. The molecule has 0 radical (unpaired) electrons. The summed E-state index contributed by atoms with van der Waals surface area (Å²) in [5.41, 5.74) is 2.89. The lowest BCUT2D eigenvalue weighted by Crippen LogP contribution is -2.21. The van der Waals surface area contributed by atoms with Crippen molar-refractivity contribution < 1.29 is 18.7 Å². The van der Waals surface area contributed by atoms with E-state index in [4.69, 9.17) is 4.74 Å². The van der Waals surface area contributed by atoms with Crippen molar-refractivity contribution in [1.29, 1.82) is 0 Å². The van der Waals surface area contributed by atoms with Crippen molar-refractivity contribution in [3.05, 3.63) is 65.0 Å². The standard InChI is InChI=1S/C17H16FNO3/c1-11-3-4-13(9-12(11)2)17(21)22-10-16(20)19-15-7-5-14(18)6-8-15/h3-9H,10H2,1-2H3,(H,19,20). The fourth-order valence-corrected chi connectivity index (χ4v) is 1.81. The Balaban J connectivity index is 1.88. The number of esters is 1. The molecule has 0 aliphatic rings. The third-order valence-corrected chi connectivity index (χ3v) is 3.20. The summed E-state index contributed by atoms with van der Waals surface area (Å²) in [6, 6.07) is 10.5. The van der Waals surface area contributed by atoms with Gasteiger partial charge in [0.1, 0.15) is 5.82 Å². The second kappa shape index (κ2) is 6.85. The van der Waals surface area contributed by atoms with Gasteiger partial charge in [0.2, 0.25) is 0 Å². The number of anilines is 1. The fourth-order valence-electron chi connectivity index (χ4n) is 1.81. The molecule has 0 bridgehead atoms. The Bertz CT molecular complexity index is 696. The van der Waals surface area contributed by atoms with Crippen LogP contribution in [0.1, 0.15) is 21.5 Å². The van der Waals surface area contributed by atoms with Gasteiger partial charge in [-0.15, -0.1) is 0 Å². The molecule has 1 amide bonds. The number of carbonyl (C=O) groups excluding carboxylic acids is 2. The molecule has 5 heteroatoms. The number of carbonyl (C=O) groups is 2. The van der Waals surface area contributed by atoms with E-state index in [1.807, 2.05) is 19.9 Å². The van der Waals surface area contributed by atoms with Crippen LogP contribution >= 0.6 is 0 Å². The van der Waals surface area contributed by atoms with Crippen molar-refractivity contribution in [2.24, 2.45) is 0 Å². The van der Waals surface area contributed by atoms with E-state index >= 15 is 0 Å². The molecule has 4 nitrogen and oxygen atoms in total. The summed E-state index contributed by atoms with van der Waals surface area (Å²) in [5.74, 6) is -1.43. The average Bonchev–Trinajstić information content (AvgIpc) is 2.50.